The van der Waals surface area contributed by atoms with E-state index in [2.05, 4.69) is 10.5 Å². The van der Waals surface area contributed by atoms with E-state index >= 15 is 0 Å². The van der Waals surface area contributed by atoms with E-state index in [9.17, 15) is 35.4 Å². The second-order valence-electron chi connectivity index (χ2n) is 4.56. The number of aromatic hydroxyl groups is 1. The van der Waals surface area contributed by atoms with Crippen LogP contribution in [0.4, 0.5) is 22.7 Å². The number of rotatable bonds is 6. The average molecular weight is 347 g/mol. The molecule has 0 heterocycles. The summed E-state index contributed by atoms with van der Waals surface area (Å²) in [6.45, 7) is 0. The number of phenols is 1. The molecule has 0 saturated heterocycles. The van der Waals surface area contributed by atoms with Gasteiger partial charge in [0.15, 0.2) is 0 Å². The SMILES string of the molecule is O=[N+]([O-])c1ccc(N/N=C\c2cccc([N+](=O)[O-])c2O)c([N+](=O)[O-])c1. The molecule has 12 nitrogen and oxygen atoms in total. The molecular formula is C13H9N5O7. The van der Waals surface area contributed by atoms with Crippen molar-refractivity contribution in [2.75, 3.05) is 5.43 Å². The van der Waals surface area contributed by atoms with Gasteiger partial charge in [-0.05, 0) is 12.1 Å². The first-order valence-corrected chi connectivity index (χ1v) is 6.49. The molecule has 0 aromatic heterocycles. The minimum absolute atomic E-state index is 0.00580. The predicted molar refractivity (Wildman–Crippen MR) is 85.7 cm³/mol. The highest BCUT2D eigenvalue weighted by Gasteiger charge is 2.19. The van der Waals surface area contributed by atoms with Gasteiger partial charge in [0.1, 0.15) is 5.69 Å². The van der Waals surface area contributed by atoms with E-state index in [1.165, 1.54) is 12.1 Å². The summed E-state index contributed by atoms with van der Waals surface area (Å²) < 4.78 is 0. The monoisotopic (exact) mass is 347 g/mol. The van der Waals surface area contributed by atoms with Crippen molar-refractivity contribution < 1.29 is 19.9 Å². The van der Waals surface area contributed by atoms with Gasteiger partial charge in [-0.1, -0.05) is 6.07 Å². The minimum atomic E-state index is -0.824. The molecular weight excluding hydrogens is 338 g/mol. The van der Waals surface area contributed by atoms with E-state index < -0.39 is 37.6 Å². The Morgan fingerprint density at radius 2 is 1.64 bits per heavy atom. The summed E-state index contributed by atoms with van der Waals surface area (Å²) in [7, 11) is 0. The van der Waals surface area contributed by atoms with Gasteiger partial charge in [0, 0.05) is 17.7 Å². The first kappa shape index (κ1) is 17.3. The Balaban J connectivity index is 2.28. The highest BCUT2D eigenvalue weighted by Crippen LogP contribution is 2.30. The fraction of sp³-hybridized carbons (Fsp3) is 0. The smallest absolute Gasteiger partial charge is 0.311 e. The highest BCUT2D eigenvalue weighted by atomic mass is 16.6. The summed E-state index contributed by atoms with van der Waals surface area (Å²) in [6, 6.07) is 6.69. The molecule has 128 valence electrons. The Hall–Kier alpha value is -4.09. The highest BCUT2D eigenvalue weighted by molar-refractivity contribution is 5.86. The number of nitro benzene ring substituents is 3. The largest absolute Gasteiger partial charge is 0.502 e. The summed E-state index contributed by atoms with van der Waals surface area (Å²) in [5, 5.41) is 45.8. The summed E-state index contributed by atoms with van der Waals surface area (Å²) in [4.78, 5) is 30.0. The van der Waals surface area contributed by atoms with Crippen molar-refractivity contribution >= 4 is 29.0 Å². The maximum Gasteiger partial charge on any atom is 0.311 e. The van der Waals surface area contributed by atoms with Crippen molar-refractivity contribution in [2.45, 2.75) is 0 Å². The van der Waals surface area contributed by atoms with Gasteiger partial charge in [0.05, 0.1) is 27.1 Å². The molecule has 0 atom stereocenters. The first-order chi connectivity index (χ1) is 11.8. The Morgan fingerprint density at radius 3 is 2.24 bits per heavy atom. The van der Waals surface area contributed by atoms with Gasteiger partial charge < -0.3 is 5.11 Å². The number of nitro groups is 3. The van der Waals surface area contributed by atoms with Crippen molar-refractivity contribution in [1.29, 1.82) is 0 Å². The van der Waals surface area contributed by atoms with E-state index in [1.54, 1.807) is 0 Å². The number of benzene rings is 2. The molecule has 0 saturated carbocycles. The molecule has 0 amide bonds. The van der Waals surface area contributed by atoms with E-state index in [-0.39, 0.29) is 11.3 Å². The number of hydrazone groups is 1. The van der Waals surface area contributed by atoms with Crippen LogP contribution in [0.1, 0.15) is 5.56 Å². The zero-order chi connectivity index (χ0) is 18.6. The Labute approximate surface area is 138 Å². The number of nitrogens with one attached hydrogen (secondary N) is 1. The predicted octanol–water partition coefficient (Wildman–Crippen LogP) is 2.56. The van der Waals surface area contributed by atoms with Crippen LogP contribution in [0.3, 0.4) is 0 Å². The topological polar surface area (TPSA) is 174 Å². The van der Waals surface area contributed by atoms with Crippen molar-refractivity contribution in [3.05, 3.63) is 72.3 Å². The van der Waals surface area contributed by atoms with Gasteiger partial charge >= 0.3 is 11.4 Å². The molecule has 2 aromatic rings. The normalized spacial score (nSPS) is 10.6. The van der Waals surface area contributed by atoms with E-state index in [0.29, 0.717) is 0 Å². The van der Waals surface area contributed by atoms with E-state index in [0.717, 1.165) is 30.5 Å². The average Bonchev–Trinajstić information content (AvgIpc) is 2.56. The van der Waals surface area contributed by atoms with Gasteiger partial charge in [-0.2, -0.15) is 5.10 Å². The number of hydrogen-bond acceptors (Lipinski definition) is 9. The van der Waals surface area contributed by atoms with Gasteiger partial charge in [0.2, 0.25) is 5.75 Å². The van der Waals surface area contributed by atoms with Crippen LogP contribution < -0.4 is 5.43 Å². The number of anilines is 1. The van der Waals surface area contributed by atoms with Crippen LogP contribution in [-0.2, 0) is 0 Å². The van der Waals surface area contributed by atoms with Crippen molar-refractivity contribution in [2.24, 2.45) is 5.10 Å². The standard InChI is InChI=1S/C13H9N5O7/c19-13-8(2-1-3-11(13)17(22)23)7-14-15-10-5-4-9(16(20)21)6-12(10)18(24)25/h1-7,15,19H/b14-7-. The molecule has 0 bridgehead atoms. The van der Waals surface area contributed by atoms with E-state index in [1.807, 2.05) is 0 Å². The number of non-ortho nitro benzene ring substituents is 1. The van der Waals surface area contributed by atoms with Crippen LogP contribution in [-0.4, -0.2) is 26.1 Å². The summed E-state index contributed by atoms with van der Waals surface area (Å²) in [5.41, 5.74) is 0.629. The lowest BCUT2D eigenvalue weighted by Gasteiger charge is -2.02. The number of nitrogens with zero attached hydrogens (tertiary/aromatic N) is 4. The minimum Gasteiger partial charge on any atom is -0.502 e. The van der Waals surface area contributed by atoms with Gasteiger partial charge in [0.25, 0.3) is 5.69 Å². The van der Waals surface area contributed by atoms with Crippen molar-refractivity contribution in [3.8, 4) is 5.75 Å². The lowest BCUT2D eigenvalue weighted by molar-refractivity contribution is -0.393. The molecule has 0 fully saturated rings. The molecule has 0 aliphatic heterocycles. The van der Waals surface area contributed by atoms with Crippen LogP contribution in [0.15, 0.2) is 41.5 Å². The molecule has 0 aliphatic carbocycles. The molecule has 25 heavy (non-hydrogen) atoms. The van der Waals surface area contributed by atoms with Crippen LogP contribution in [0, 0.1) is 30.3 Å². The zero-order valence-electron chi connectivity index (χ0n) is 12.2. The van der Waals surface area contributed by atoms with Crippen LogP contribution in [0.2, 0.25) is 0 Å². The quantitative estimate of drug-likeness (QED) is 0.455. The van der Waals surface area contributed by atoms with Crippen LogP contribution in [0.25, 0.3) is 0 Å². The Kier molecular flexibility index (Phi) is 4.83. The van der Waals surface area contributed by atoms with Gasteiger partial charge in [-0.3, -0.25) is 35.8 Å². The van der Waals surface area contributed by atoms with Gasteiger partial charge in [-0.25, -0.2) is 0 Å². The third-order valence-corrected chi connectivity index (χ3v) is 3.02. The lowest BCUT2D eigenvalue weighted by atomic mass is 10.2. The third-order valence-electron chi connectivity index (χ3n) is 3.02. The summed E-state index contributed by atoms with van der Waals surface area (Å²) >= 11 is 0. The maximum atomic E-state index is 11.0. The summed E-state index contributed by atoms with van der Waals surface area (Å²) in [6.07, 6.45) is 1.02. The maximum absolute atomic E-state index is 11.0. The fourth-order valence-electron chi connectivity index (χ4n) is 1.85. The van der Waals surface area contributed by atoms with Crippen LogP contribution >= 0.6 is 0 Å². The Bertz CT molecular complexity index is 896. The molecule has 0 aliphatic rings. The van der Waals surface area contributed by atoms with Crippen molar-refractivity contribution in [3.63, 3.8) is 0 Å². The molecule has 0 radical (unpaired) electrons. The van der Waals surface area contributed by atoms with Crippen LogP contribution in [0.5, 0.6) is 5.75 Å². The fourth-order valence-corrected chi connectivity index (χ4v) is 1.85. The molecule has 12 heteroatoms. The number of hydrogen-bond donors (Lipinski definition) is 2. The van der Waals surface area contributed by atoms with Gasteiger partial charge in [-0.15, -0.1) is 0 Å². The molecule has 0 spiro atoms. The summed E-state index contributed by atoms with van der Waals surface area (Å²) in [5.74, 6) is -0.615. The second kappa shape index (κ2) is 6.99. The molecule has 0 unspecified atom stereocenters. The van der Waals surface area contributed by atoms with Crippen molar-refractivity contribution in [1.82, 2.24) is 0 Å². The third kappa shape index (κ3) is 3.82. The number of para-hydroxylation sites is 1. The van der Waals surface area contributed by atoms with E-state index in [4.69, 9.17) is 0 Å². The second-order valence-corrected chi connectivity index (χ2v) is 4.56. The number of phenolic OH excluding ortho intramolecular Hbond substituents is 1. The molecule has 2 N–H and O–H groups in total. The molecule has 2 aromatic carbocycles. The lowest BCUT2D eigenvalue weighted by Crippen LogP contribution is -1.99. The molecule has 2 rings (SSSR count). The first-order valence-electron chi connectivity index (χ1n) is 6.49. The zero-order valence-corrected chi connectivity index (χ0v) is 12.2. The Morgan fingerprint density at radius 1 is 0.960 bits per heavy atom.